The Morgan fingerprint density at radius 1 is 0.313 bits per heavy atom. The summed E-state index contributed by atoms with van der Waals surface area (Å²) in [6, 6.07) is 11.5. The van der Waals surface area contributed by atoms with Crippen LogP contribution in [0.2, 0.25) is 0 Å². The van der Waals surface area contributed by atoms with Crippen LogP contribution in [0, 0.1) is 0 Å². The second kappa shape index (κ2) is 56.0. The Morgan fingerprint density at radius 3 is 1.00 bits per heavy atom. The van der Waals surface area contributed by atoms with Gasteiger partial charge in [0.2, 0.25) is 47.3 Å². The van der Waals surface area contributed by atoms with Crippen LogP contribution in [0.15, 0.2) is 48.5 Å². The fraction of sp³-hybridized carbons (Fsp3) is 0.720. The molecule has 9 amide bonds. The maximum Gasteiger partial charge on any atom is 0.407 e. The van der Waals surface area contributed by atoms with Crippen molar-refractivity contribution in [3.8, 4) is 11.1 Å². The molecule has 0 saturated carbocycles. The molecule has 24 nitrogen and oxygen atoms in total. The molecule has 0 radical (unpaired) electrons. The predicted molar refractivity (Wildman–Crippen MR) is 395 cm³/mol. The highest BCUT2D eigenvalue weighted by molar-refractivity contribution is 5.96. The van der Waals surface area contributed by atoms with E-state index in [2.05, 4.69) is 98.7 Å². The minimum absolute atomic E-state index is 0.000754. The maximum absolute atomic E-state index is 14.8. The Morgan fingerprint density at radius 2 is 0.626 bits per heavy atom. The fourth-order valence-electron chi connectivity index (χ4n) is 12.1. The monoisotopic (exact) mass is 1390 g/mol. The molecule has 3 rings (SSSR count). The van der Waals surface area contributed by atoms with Crippen molar-refractivity contribution in [2.24, 2.45) is 0 Å². The van der Waals surface area contributed by atoms with Gasteiger partial charge in [0.05, 0.1) is 0 Å². The number of benzene rings is 2. The van der Waals surface area contributed by atoms with Gasteiger partial charge in [-0.25, -0.2) is 4.79 Å². The molecule has 0 heterocycles. The lowest BCUT2D eigenvalue weighted by atomic mass is 9.98. The summed E-state index contributed by atoms with van der Waals surface area (Å²) < 4.78 is 5.65. The average Bonchev–Trinajstić information content (AvgIpc) is 1.62. The van der Waals surface area contributed by atoms with Crippen LogP contribution in [-0.2, 0) is 43.1 Å². The van der Waals surface area contributed by atoms with Gasteiger partial charge in [-0.15, -0.1) is 0 Å². The number of rotatable bonds is 61. The number of amides is 9. The molecular weight excluding hydrogens is 1260 g/mol. The lowest BCUT2D eigenvalue weighted by Crippen LogP contribution is -2.59. The molecule has 99 heavy (non-hydrogen) atoms. The van der Waals surface area contributed by atoms with E-state index in [1.165, 1.54) is 11.1 Å². The Labute approximate surface area is 593 Å². The van der Waals surface area contributed by atoms with E-state index in [0.717, 1.165) is 102 Å². The quantitative estimate of drug-likeness (QED) is 0.0300. The third-order valence-electron chi connectivity index (χ3n) is 17.8. The molecule has 0 aliphatic heterocycles. The summed E-state index contributed by atoms with van der Waals surface area (Å²) in [6.45, 7) is 21.7. The van der Waals surface area contributed by atoms with Crippen LogP contribution in [-0.4, -0.2) is 182 Å². The third kappa shape index (κ3) is 38.6. The predicted octanol–water partition coefficient (Wildman–Crippen LogP) is 6.90. The first-order valence-corrected chi connectivity index (χ1v) is 38.2. The van der Waals surface area contributed by atoms with Gasteiger partial charge in [-0.1, -0.05) is 102 Å². The van der Waals surface area contributed by atoms with E-state index in [1.54, 1.807) is 0 Å². The lowest BCUT2D eigenvalue weighted by Gasteiger charge is -2.27. The Hall–Kier alpha value is -6.73. The average molecular weight is 1390 g/mol. The van der Waals surface area contributed by atoms with Crippen LogP contribution in [0.1, 0.15) is 232 Å². The smallest absolute Gasteiger partial charge is 0.407 e. The van der Waals surface area contributed by atoms with Crippen LogP contribution < -0.4 is 74.4 Å². The van der Waals surface area contributed by atoms with Crippen molar-refractivity contribution >= 4 is 53.4 Å². The number of hydrogen-bond acceptors (Lipinski definition) is 15. The largest absolute Gasteiger partial charge is 0.449 e. The topological polar surface area (TPSA) is 331 Å². The summed E-state index contributed by atoms with van der Waals surface area (Å²) in [7, 11) is 0. The van der Waals surface area contributed by atoms with Gasteiger partial charge in [-0.05, 0) is 229 Å². The van der Waals surface area contributed by atoms with Crippen LogP contribution >= 0.6 is 0 Å². The Kier molecular flexibility index (Phi) is 48.9. The number of nitrogens with one attached hydrogen (secondary N) is 14. The van der Waals surface area contributed by atoms with E-state index in [4.69, 9.17) is 4.74 Å². The minimum Gasteiger partial charge on any atom is -0.449 e. The van der Waals surface area contributed by atoms with E-state index in [0.29, 0.717) is 148 Å². The first kappa shape index (κ1) is 86.5. The zero-order chi connectivity index (χ0) is 71.9. The molecule has 1 aliphatic rings. The molecule has 2 aromatic carbocycles. The SMILES string of the molecule is CCNCCCCC(NC(=O)CCCCCNC(=O)CCCCCNC(=O)OCC1c2ccccc2-c2ccccc21)C(=O)NC(CCCCNCC)C(=O)NC(CCCCNCC)C(=O)NC(CCCCNCC)C(=O)NC(CCCCNCC)C(=O)NCCCCCC(=O)NCC. The first-order chi connectivity index (χ1) is 48.2. The normalized spacial score (nSPS) is 13.2. The Balaban J connectivity index is 1.64. The van der Waals surface area contributed by atoms with Gasteiger partial charge in [-0.3, -0.25) is 38.4 Å². The van der Waals surface area contributed by atoms with Gasteiger partial charge in [0.25, 0.3) is 0 Å². The van der Waals surface area contributed by atoms with Gasteiger partial charge in [0.1, 0.15) is 36.8 Å². The second-order valence-corrected chi connectivity index (χ2v) is 25.9. The van der Waals surface area contributed by atoms with Crippen molar-refractivity contribution in [2.45, 2.75) is 251 Å². The molecule has 5 unspecified atom stereocenters. The number of hydrogen-bond donors (Lipinski definition) is 14. The zero-order valence-corrected chi connectivity index (χ0v) is 61.4. The number of alkyl carbamates (subject to hydrolysis) is 1. The van der Waals surface area contributed by atoms with Crippen LogP contribution in [0.5, 0.6) is 0 Å². The number of ether oxygens (including phenoxy) is 1. The molecule has 0 saturated heterocycles. The maximum atomic E-state index is 14.8. The zero-order valence-electron chi connectivity index (χ0n) is 61.4. The molecular formula is C75H130N14O10. The van der Waals surface area contributed by atoms with Gasteiger partial charge < -0.3 is 79.2 Å². The summed E-state index contributed by atoms with van der Waals surface area (Å²) in [4.78, 5) is 123. The number of carbonyl (C=O) groups is 9. The van der Waals surface area contributed by atoms with Crippen molar-refractivity contribution in [1.29, 1.82) is 0 Å². The van der Waals surface area contributed by atoms with Gasteiger partial charge >= 0.3 is 6.09 Å². The standard InChI is InChI=1S/C75H130N14O10/c1-7-76-48-31-23-40-62(70(93)83-54-29-13-16-45-67(90)81-12-6)86-72(95)64(42-25-33-50-78-9-3)88-74(97)66(44-27-35-52-80-11-5)89-73(96)65(43-26-34-51-79-10-4)87-71(94)63(41-24-32-49-77-8-2)85-69(92)47-18-15-28-53-82-68(91)46-17-14-30-55-84-75(98)99-56-61-59-38-21-19-36-57(59)58-37-20-22-39-60(58)61/h19-22,36-39,61-66,76-80H,7-18,23-35,40-56H2,1-6H3,(H,81,90)(H,82,91)(H,83,93)(H,84,98)(H,85,92)(H,86,95)(H,87,94)(H,88,97)(H,89,96). The summed E-state index contributed by atoms with van der Waals surface area (Å²) in [5, 5.41) is 43.2. The highest BCUT2D eigenvalue weighted by atomic mass is 16.5. The molecule has 2 aromatic rings. The van der Waals surface area contributed by atoms with E-state index >= 15 is 0 Å². The molecule has 0 fully saturated rings. The van der Waals surface area contributed by atoms with E-state index in [9.17, 15) is 43.2 Å². The lowest BCUT2D eigenvalue weighted by molar-refractivity contribution is -0.135. The minimum atomic E-state index is -1.07. The van der Waals surface area contributed by atoms with Crippen molar-refractivity contribution in [1.82, 2.24) is 74.4 Å². The van der Waals surface area contributed by atoms with Crippen molar-refractivity contribution in [2.75, 3.05) is 98.2 Å². The molecule has 5 atom stereocenters. The van der Waals surface area contributed by atoms with Gasteiger partial charge in [0.15, 0.2) is 0 Å². The van der Waals surface area contributed by atoms with Gasteiger partial charge in [-0.2, -0.15) is 0 Å². The summed E-state index contributed by atoms with van der Waals surface area (Å²) in [6.07, 6.45) is 14.9. The van der Waals surface area contributed by atoms with Crippen LogP contribution in [0.4, 0.5) is 4.79 Å². The summed E-state index contributed by atoms with van der Waals surface area (Å²) in [5.41, 5.74) is 4.66. The number of unbranched alkanes of at least 4 members (excludes halogenated alkanes) is 11. The van der Waals surface area contributed by atoms with Crippen molar-refractivity contribution < 1.29 is 47.9 Å². The molecule has 0 spiro atoms. The van der Waals surface area contributed by atoms with Crippen molar-refractivity contribution in [3.63, 3.8) is 0 Å². The van der Waals surface area contributed by atoms with Crippen LogP contribution in [0.25, 0.3) is 11.1 Å². The second-order valence-electron chi connectivity index (χ2n) is 25.9. The summed E-state index contributed by atoms with van der Waals surface area (Å²) >= 11 is 0. The summed E-state index contributed by atoms with van der Waals surface area (Å²) in [5.74, 6) is -2.75. The molecule has 1 aliphatic carbocycles. The van der Waals surface area contributed by atoms with E-state index in [-0.39, 0.29) is 61.8 Å². The van der Waals surface area contributed by atoms with Gasteiger partial charge in [0, 0.05) is 51.4 Å². The number of carbonyl (C=O) groups excluding carboxylic acids is 9. The first-order valence-electron chi connectivity index (χ1n) is 38.2. The molecule has 24 heteroatoms. The van der Waals surface area contributed by atoms with E-state index in [1.807, 2.05) is 65.8 Å². The van der Waals surface area contributed by atoms with Crippen LogP contribution in [0.3, 0.4) is 0 Å². The van der Waals surface area contributed by atoms with Crippen molar-refractivity contribution in [3.05, 3.63) is 59.7 Å². The fourth-order valence-corrected chi connectivity index (χ4v) is 12.1. The third-order valence-corrected chi connectivity index (χ3v) is 17.8. The highest BCUT2D eigenvalue weighted by Gasteiger charge is 2.33. The number of fused-ring (bicyclic) bond motifs is 3. The Bertz CT molecular complexity index is 2550. The molecule has 0 bridgehead atoms. The molecule has 560 valence electrons. The van der Waals surface area contributed by atoms with E-state index < -0.39 is 59.9 Å². The molecule has 14 N–H and O–H groups in total. The highest BCUT2D eigenvalue weighted by Crippen LogP contribution is 2.44. The molecule has 0 aromatic heterocycles.